The highest BCUT2D eigenvalue weighted by molar-refractivity contribution is 7.79. The summed E-state index contributed by atoms with van der Waals surface area (Å²) < 4.78 is 20.8. The molecule has 0 aromatic carbocycles. The standard InChI is InChI=1S/C8H18N2O2S/c1-2-3-9-4-6-10(7-5-9)8-13(11)12/h2-8H2,1H3,(H,11,12)/p-1. The molecule has 1 unspecified atom stereocenters. The fourth-order valence-electron chi connectivity index (χ4n) is 1.61. The van der Waals surface area contributed by atoms with E-state index in [2.05, 4.69) is 11.8 Å². The third kappa shape index (κ3) is 4.17. The molecular weight excluding hydrogens is 188 g/mol. The zero-order valence-electron chi connectivity index (χ0n) is 8.07. The van der Waals surface area contributed by atoms with E-state index in [0.717, 1.165) is 32.7 Å². The van der Waals surface area contributed by atoms with E-state index < -0.39 is 11.1 Å². The van der Waals surface area contributed by atoms with Crippen LogP contribution in [0.5, 0.6) is 0 Å². The second-order valence-corrected chi connectivity index (χ2v) is 4.26. The predicted octanol–water partition coefficient (Wildman–Crippen LogP) is -0.149. The Morgan fingerprint density at radius 3 is 2.23 bits per heavy atom. The van der Waals surface area contributed by atoms with Gasteiger partial charge >= 0.3 is 0 Å². The van der Waals surface area contributed by atoms with Crippen LogP contribution in [0.1, 0.15) is 13.3 Å². The van der Waals surface area contributed by atoms with Crippen molar-refractivity contribution in [3.05, 3.63) is 0 Å². The van der Waals surface area contributed by atoms with E-state index in [1.165, 1.54) is 6.42 Å². The van der Waals surface area contributed by atoms with Crippen LogP contribution < -0.4 is 0 Å². The molecule has 0 spiro atoms. The van der Waals surface area contributed by atoms with Gasteiger partial charge in [0, 0.05) is 26.2 Å². The van der Waals surface area contributed by atoms with Crippen molar-refractivity contribution in [1.82, 2.24) is 9.80 Å². The van der Waals surface area contributed by atoms with Crippen LogP contribution in [-0.4, -0.2) is 57.2 Å². The molecule has 13 heavy (non-hydrogen) atoms. The summed E-state index contributed by atoms with van der Waals surface area (Å²) in [4.78, 5) is 4.36. The molecule has 1 aliphatic heterocycles. The van der Waals surface area contributed by atoms with Gasteiger partial charge in [-0.1, -0.05) is 6.92 Å². The second kappa shape index (κ2) is 5.70. The fourth-order valence-corrected chi connectivity index (χ4v) is 2.16. The summed E-state index contributed by atoms with van der Waals surface area (Å²) in [7, 11) is 0. The van der Waals surface area contributed by atoms with E-state index in [9.17, 15) is 8.76 Å². The molecule has 0 saturated carbocycles. The van der Waals surface area contributed by atoms with Crippen molar-refractivity contribution in [3.63, 3.8) is 0 Å². The van der Waals surface area contributed by atoms with Crippen molar-refractivity contribution in [2.45, 2.75) is 13.3 Å². The van der Waals surface area contributed by atoms with Gasteiger partial charge in [0.1, 0.15) is 0 Å². The van der Waals surface area contributed by atoms with E-state index in [4.69, 9.17) is 0 Å². The summed E-state index contributed by atoms with van der Waals surface area (Å²) in [6.45, 7) is 7.07. The molecule has 0 aromatic rings. The number of hydrogen-bond acceptors (Lipinski definition) is 4. The van der Waals surface area contributed by atoms with E-state index in [0.29, 0.717) is 0 Å². The zero-order valence-corrected chi connectivity index (χ0v) is 8.89. The number of piperazine rings is 1. The summed E-state index contributed by atoms with van der Waals surface area (Å²) in [5.41, 5.74) is 0. The molecule has 1 atom stereocenters. The van der Waals surface area contributed by atoms with Gasteiger partial charge in [0.2, 0.25) is 0 Å². The van der Waals surface area contributed by atoms with Gasteiger partial charge in [-0.2, -0.15) is 0 Å². The Balaban J connectivity index is 2.18. The normalized spacial score (nSPS) is 23.2. The fraction of sp³-hybridized carbons (Fsp3) is 1.00. The highest BCUT2D eigenvalue weighted by atomic mass is 32.2. The first-order chi connectivity index (χ1) is 6.22. The largest absolute Gasteiger partial charge is 0.771 e. The van der Waals surface area contributed by atoms with Gasteiger partial charge in [0.15, 0.2) is 0 Å². The van der Waals surface area contributed by atoms with Crippen molar-refractivity contribution in [1.29, 1.82) is 0 Å². The van der Waals surface area contributed by atoms with Crippen molar-refractivity contribution in [2.24, 2.45) is 0 Å². The number of hydrogen-bond donors (Lipinski definition) is 0. The predicted molar refractivity (Wildman–Crippen MR) is 52.1 cm³/mol. The third-order valence-corrected chi connectivity index (χ3v) is 2.87. The lowest BCUT2D eigenvalue weighted by molar-refractivity contribution is 0.147. The molecule has 0 aliphatic carbocycles. The van der Waals surface area contributed by atoms with Gasteiger partial charge in [-0.05, 0) is 24.0 Å². The van der Waals surface area contributed by atoms with Gasteiger partial charge < -0.3 is 9.45 Å². The molecule has 1 rings (SSSR count). The molecule has 0 bridgehead atoms. The molecule has 0 radical (unpaired) electrons. The maximum atomic E-state index is 10.4. The van der Waals surface area contributed by atoms with Crippen LogP contribution in [0.25, 0.3) is 0 Å². The van der Waals surface area contributed by atoms with E-state index in [1.807, 2.05) is 4.90 Å². The highest BCUT2D eigenvalue weighted by Gasteiger charge is 2.15. The minimum absolute atomic E-state index is 0.194. The third-order valence-electron chi connectivity index (χ3n) is 2.29. The lowest BCUT2D eigenvalue weighted by atomic mass is 10.3. The Hall–Kier alpha value is 0.0300. The molecule has 1 aliphatic rings. The average Bonchev–Trinajstić information content (AvgIpc) is 2.08. The van der Waals surface area contributed by atoms with Crippen LogP contribution in [0.3, 0.4) is 0 Å². The maximum Gasteiger partial charge on any atom is 0.0614 e. The quantitative estimate of drug-likeness (QED) is 0.599. The smallest absolute Gasteiger partial charge is 0.0614 e. The van der Waals surface area contributed by atoms with Crippen LogP contribution in [0.4, 0.5) is 0 Å². The van der Waals surface area contributed by atoms with Crippen molar-refractivity contribution in [3.8, 4) is 0 Å². The highest BCUT2D eigenvalue weighted by Crippen LogP contribution is 2.02. The van der Waals surface area contributed by atoms with Crippen molar-refractivity contribution >= 4 is 11.1 Å². The number of nitrogens with zero attached hydrogens (tertiary/aromatic N) is 2. The summed E-state index contributed by atoms with van der Waals surface area (Å²) >= 11 is -1.92. The number of rotatable bonds is 4. The van der Waals surface area contributed by atoms with Crippen LogP contribution in [0, 0.1) is 0 Å². The van der Waals surface area contributed by atoms with Crippen molar-refractivity contribution < 1.29 is 8.76 Å². The average molecular weight is 205 g/mol. The van der Waals surface area contributed by atoms with Gasteiger partial charge in [-0.15, -0.1) is 0 Å². The zero-order chi connectivity index (χ0) is 9.68. The van der Waals surface area contributed by atoms with Crippen molar-refractivity contribution in [2.75, 3.05) is 38.6 Å². The van der Waals surface area contributed by atoms with Crippen LogP contribution in [0.15, 0.2) is 0 Å². The monoisotopic (exact) mass is 205 g/mol. The summed E-state index contributed by atoms with van der Waals surface area (Å²) in [6, 6.07) is 0. The molecule has 0 aromatic heterocycles. The Morgan fingerprint density at radius 1 is 1.23 bits per heavy atom. The Labute approximate surface area is 82.2 Å². The molecule has 5 heteroatoms. The lowest BCUT2D eigenvalue weighted by Crippen LogP contribution is -2.47. The molecule has 4 nitrogen and oxygen atoms in total. The van der Waals surface area contributed by atoms with E-state index in [-0.39, 0.29) is 5.88 Å². The lowest BCUT2D eigenvalue weighted by Gasteiger charge is -2.34. The second-order valence-electron chi connectivity index (χ2n) is 3.39. The van der Waals surface area contributed by atoms with Gasteiger partial charge in [0.05, 0.1) is 5.88 Å². The first-order valence-electron chi connectivity index (χ1n) is 4.73. The summed E-state index contributed by atoms with van der Waals surface area (Å²) in [6.07, 6.45) is 1.17. The summed E-state index contributed by atoms with van der Waals surface area (Å²) in [5.74, 6) is 0.194. The van der Waals surface area contributed by atoms with Crippen LogP contribution >= 0.6 is 0 Å². The maximum absolute atomic E-state index is 10.4. The minimum atomic E-state index is -1.92. The van der Waals surface area contributed by atoms with Crippen LogP contribution in [0.2, 0.25) is 0 Å². The Kier molecular flexibility index (Phi) is 4.87. The van der Waals surface area contributed by atoms with E-state index in [1.54, 1.807) is 0 Å². The van der Waals surface area contributed by atoms with E-state index >= 15 is 0 Å². The molecule has 1 fully saturated rings. The SMILES string of the molecule is CCCN1CCN(CS(=O)[O-])CC1. The first-order valence-corrected chi connectivity index (χ1v) is 5.97. The molecule has 1 heterocycles. The molecule has 0 amide bonds. The molecule has 0 N–H and O–H groups in total. The first kappa shape index (κ1) is 11.1. The Morgan fingerprint density at radius 2 is 1.77 bits per heavy atom. The van der Waals surface area contributed by atoms with Gasteiger partial charge in [-0.3, -0.25) is 9.11 Å². The molecule has 78 valence electrons. The Bertz CT molecular complexity index is 170. The molecular formula is C8H17N2O2S-. The van der Waals surface area contributed by atoms with Gasteiger partial charge in [0.25, 0.3) is 0 Å². The minimum Gasteiger partial charge on any atom is -0.771 e. The topological polar surface area (TPSA) is 46.6 Å². The van der Waals surface area contributed by atoms with Crippen LogP contribution in [-0.2, 0) is 11.1 Å². The van der Waals surface area contributed by atoms with Gasteiger partial charge in [-0.25, -0.2) is 0 Å². The molecule has 1 saturated heterocycles. The summed E-state index contributed by atoms with van der Waals surface area (Å²) in [5, 5.41) is 0.